The maximum atomic E-state index is 14.7. The van der Waals surface area contributed by atoms with E-state index in [0.29, 0.717) is 55.1 Å². The average molecular weight is 585 g/mol. The summed E-state index contributed by atoms with van der Waals surface area (Å²) in [7, 11) is 0. The fraction of sp³-hybridized carbons (Fsp3) is 0.571. The van der Waals surface area contributed by atoms with E-state index in [1.54, 1.807) is 55.7 Å². The van der Waals surface area contributed by atoms with Crippen LogP contribution >= 0.6 is 0 Å². The second-order valence-electron chi connectivity index (χ2n) is 12.1. The molecule has 0 bridgehead atoms. The highest BCUT2D eigenvalue weighted by Gasteiger charge is 2.31. The van der Waals surface area contributed by atoms with E-state index in [9.17, 15) is 23.9 Å². The van der Waals surface area contributed by atoms with Gasteiger partial charge in [-0.1, -0.05) is 0 Å². The van der Waals surface area contributed by atoms with Crippen molar-refractivity contribution < 1.29 is 28.6 Å². The molecule has 226 valence electrons. The molecular weight excluding hydrogens is 547 g/mol. The maximum absolute atomic E-state index is 14.7. The summed E-state index contributed by atoms with van der Waals surface area (Å²) in [6.07, 6.45) is 5.81. The molecule has 2 amide bonds. The van der Waals surface area contributed by atoms with Crippen LogP contribution in [0.5, 0.6) is 0 Å². The van der Waals surface area contributed by atoms with Gasteiger partial charge < -0.3 is 25.4 Å². The molecule has 14 heteroatoms. The molecule has 0 aromatic carbocycles. The van der Waals surface area contributed by atoms with Crippen LogP contribution in [0.25, 0.3) is 5.65 Å². The molecule has 0 spiro atoms. The number of rotatable bonds is 6. The number of hydrogen-bond acceptors (Lipinski definition) is 8. The van der Waals surface area contributed by atoms with Crippen LogP contribution in [0.4, 0.5) is 20.7 Å². The lowest BCUT2D eigenvalue weighted by Gasteiger charge is -2.36. The van der Waals surface area contributed by atoms with Crippen molar-refractivity contribution in [3.05, 3.63) is 35.9 Å². The Balaban J connectivity index is 1.28. The van der Waals surface area contributed by atoms with Gasteiger partial charge in [0.2, 0.25) is 0 Å². The van der Waals surface area contributed by atoms with Crippen molar-refractivity contribution in [3.63, 3.8) is 0 Å². The first kappa shape index (κ1) is 29.3. The number of carboxylic acids is 1. The molecule has 0 unspecified atom stereocenters. The van der Waals surface area contributed by atoms with E-state index in [0.717, 1.165) is 0 Å². The van der Waals surface area contributed by atoms with Crippen molar-refractivity contribution in [3.8, 4) is 0 Å². The molecule has 1 saturated heterocycles. The molecule has 3 N–H and O–H groups in total. The Labute approximate surface area is 242 Å². The number of carbonyl (C=O) groups excluding carboxylic acids is 2. The lowest BCUT2D eigenvalue weighted by molar-refractivity contribution is -0.143. The number of piperidine rings is 1. The highest BCUT2D eigenvalue weighted by Crippen LogP contribution is 2.33. The smallest absolute Gasteiger partial charge is 0.407 e. The molecule has 2 aliphatic rings. The summed E-state index contributed by atoms with van der Waals surface area (Å²) < 4.78 is 23.3. The van der Waals surface area contributed by atoms with Crippen LogP contribution in [0.15, 0.2) is 24.7 Å². The van der Waals surface area contributed by atoms with E-state index in [1.165, 1.54) is 10.7 Å². The molecule has 4 heterocycles. The number of ether oxygens (including phenoxy) is 1. The largest absolute Gasteiger partial charge is 0.481 e. The SMILES string of the molecule is Cc1nn(C2CCC(C(=O)O)CC2)cc1NC(=O)c1cnn2ccc(N3C[C@H](F)C[C@@H](NC(=O)OC(C)(C)C)C3)nc12. The maximum Gasteiger partial charge on any atom is 0.407 e. The second kappa shape index (κ2) is 11.6. The number of amides is 2. The molecule has 3 aromatic rings. The van der Waals surface area contributed by atoms with Crippen molar-refractivity contribution in [2.45, 2.75) is 83.7 Å². The van der Waals surface area contributed by atoms with Gasteiger partial charge >= 0.3 is 12.1 Å². The molecule has 1 aliphatic carbocycles. The number of nitrogens with zero attached hydrogens (tertiary/aromatic N) is 6. The lowest BCUT2D eigenvalue weighted by Crippen LogP contribution is -2.52. The van der Waals surface area contributed by atoms with E-state index in [4.69, 9.17) is 4.74 Å². The van der Waals surface area contributed by atoms with Gasteiger partial charge in [0.1, 0.15) is 23.2 Å². The number of aromatic nitrogens is 5. The van der Waals surface area contributed by atoms with Gasteiger partial charge in [0.05, 0.1) is 42.1 Å². The van der Waals surface area contributed by atoms with Gasteiger partial charge in [0.15, 0.2) is 5.65 Å². The van der Waals surface area contributed by atoms with E-state index in [-0.39, 0.29) is 30.5 Å². The van der Waals surface area contributed by atoms with Crippen molar-refractivity contribution in [2.75, 3.05) is 23.3 Å². The standard InChI is InChI=1S/C28H37FN8O5/c1-16-22(15-37(34-16)20-7-5-17(6-8-20)26(39)40)32-25(38)21-12-30-36-10-9-23(33-24(21)36)35-13-18(29)11-19(14-35)31-27(41)42-28(2,3)4/h9-10,12,15,17-20H,5-8,11,13-14H2,1-4H3,(H,31,41)(H,32,38)(H,39,40)/t17?,18-,19-,20?/m1/s1. The normalized spacial score (nSPS) is 23.0. The van der Waals surface area contributed by atoms with Gasteiger partial charge in [-0.15, -0.1) is 0 Å². The van der Waals surface area contributed by atoms with Gasteiger partial charge in [0, 0.05) is 25.4 Å². The number of alkyl carbamates (subject to hydrolysis) is 1. The Bertz CT molecular complexity index is 1470. The Morgan fingerprint density at radius 3 is 2.57 bits per heavy atom. The van der Waals surface area contributed by atoms with E-state index >= 15 is 0 Å². The first-order valence-electron chi connectivity index (χ1n) is 14.2. The number of fused-ring (bicyclic) bond motifs is 1. The minimum absolute atomic E-state index is 0.0728. The summed E-state index contributed by atoms with van der Waals surface area (Å²) in [6, 6.07) is 1.29. The number of alkyl halides is 1. The van der Waals surface area contributed by atoms with E-state index < -0.39 is 35.8 Å². The van der Waals surface area contributed by atoms with Crippen LogP contribution in [0.1, 0.15) is 75.0 Å². The first-order chi connectivity index (χ1) is 19.9. The Kier molecular flexibility index (Phi) is 8.06. The zero-order valence-corrected chi connectivity index (χ0v) is 24.2. The fourth-order valence-corrected chi connectivity index (χ4v) is 5.57. The molecule has 2 atom stereocenters. The molecule has 42 heavy (non-hydrogen) atoms. The number of aliphatic carboxylic acids is 1. The van der Waals surface area contributed by atoms with Gasteiger partial charge in [-0.05, 0) is 59.4 Å². The number of hydrogen-bond donors (Lipinski definition) is 3. The summed E-state index contributed by atoms with van der Waals surface area (Å²) in [5.74, 6) is -1.04. The molecule has 1 aliphatic heterocycles. The topological polar surface area (TPSA) is 156 Å². The van der Waals surface area contributed by atoms with Crippen molar-refractivity contribution in [1.82, 2.24) is 29.7 Å². The second-order valence-corrected chi connectivity index (χ2v) is 12.1. The van der Waals surface area contributed by atoms with Gasteiger partial charge in [-0.25, -0.2) is 18.7 Å². The Hall–Kier alpha value is -4.23. The molecule has 5 rings (SSSR count). The summed E-state index contributed by atoms with van der Waals surface area (Å²) in [4.78, 5) is 43.2. The predicted octanol–water partition coefficient (Wildman–Crippen LogP) is 3.74. The first-order valence-corrected chi connectivity index (χ1v) is 14.2. The highest BCUT2D eigenvalue weighted by molar-refractivity contribution is 6.08. The number of anilines is 2. The number of halogens is 1. The number of carboxylic acid groups (broad SMARTS) is 1. The molecule has 0 radical (unpaired) electrons. The van der Waals surface area contributed by atoms with Crippen LogP contribution in [0, 0.1) is 12.8 Å². The number of carbonyl (C=O) groups is 3. The van der Waals surface area contributed by atoms with Crippen LogP contribution in [0.2, 0.25) is 0 Å². The Morgan fingerprint density at radius 2 is 1.88 bits per heavy atom. The van der Waals surface area contributed by atoms with Crippen molar-refractivity contribution >= 4 is 35.1 Å². The summed E-state index contributed by atoms with van der Waals surface area (Å²) in [5.41, 5.74) is 1.06. The van der Waals surface area contributed by atoms with Crippen molar-refractivity contribution in [2.24, 2.45) is 5.92 Å². The van der Waals surface area contributed by atoms with Crippen LogP contribution in [0.3, 0.4) is 0 Å². The summed E-state index contributed by atoms with van der Waals surface area (Å²) in [5, 5.41) is 23.7. The number of nitrogens with one attached hydrogen (secondary N) is 2. The van der Waals surface area contributed by atoms with Crippen LogP contribution in [-0.4, -0.2) is 78.4 Å². The molecule has 13 nitrogen and oxygen atoms in total. The minimum atomic E-state index is -1.19. The zero-order valence-electron chi connectivity index (χ0n) is 24.2. The van der Waals surface area contributed by atoms with E-state index in [2.05, 4.69) is 25.8 Å². The van der Waals surface area contributed by atoms with Gasteiger partial charge in [0.25, 0.3) is 5.91 Å². The minimum Gasteiger partial charge on any atom is -0.481 e. The summed E-state index contributed by atoms with van der Waals surface area (Å²) in [6.45, 7) is 7.50. The lowest BCUT2D eigenvalue weighted by atomic mass is 9.86. The van der Waals surface area contributed by atoms with Crippen LogP contribution < -0.4 is 15.5 Å². The highest BCUT2D eigenvalue weighted by atomic mass is 19.1. The quantitative estimate of drug-likeness (QED) is 0.393. The third kappa shape index (κ3) is 6.63. The average Bonchev–Trinajstić information content (AvgIpc) is 3.50. The third-order valence-corrected chi connectivity index (χ3v) is 7.63. The Morgan fingerprint density at radius 1 is 1.14 bits per heavy atom. The van der Waals surface area contributed by atoms with Crippen molar-refractivity contribution in [1.29, 1.82) is 0 Å². The van der Waals surface area contributed by atoms with Gasteiger partial charge in [-0.2, -0.15) is 10.2 Å². The molecule has 3 aromatic heterocycles. The monoisotopic (exact) mass is 584 g/mol. The van der Waals surface area contributed by atoms with Gasteiger partial charge in [-0.3, -0.25) is 14.3 Å². The number of aryl methyl sites for hydroxylation is 1. The predicted molar refractivity (Wildman–Crippen MR) is 151 cm³/mol. The fourth-order valence-electron chi connectivity index (χ4n) is 5.57. The molecular formula is C28H37FN8O5. The molecule has 2 fully saturated rings. The third-order valence-electron chi connectivity index (χ3n) is 7.63. The molecule has 1 saturated carbocycles. The summed E-state index contributed by atoms with van der Waals surface area (Å²) >= 11 is 0. The van der Waals surface area contributed by atoms with E-state index in [1.807, 2.05) is 0 Å². The van der Waals surface area contributed by atoms with Crippen LogP contribution in [-0.2, 0) is 9.53 Å². The zero-order chi connectivity index (χ0) is 30.2.